The molecule has 1 atom stereocenters. The molecular formula is C26H43NO8S2. The lowest BCUT2D eigenvalue weighted by Gasteiger charge is -2.21. The second-order valence-corrected chi connectivity index (χ2v) is 13.1. The van der Waals surface area contributed by atoms with E-state index in [1.807, 2.05) is 0 Å². The highest BCUT2D eigenvalue weighted by Gasteiger charge is 2.28. The van der Waals surface area contributed by atoms with Crippen molar-refractivity contribution in [1.82, 2.24) is 0 Å². The molecule has 0 saturated heterocycles. The Bertz CT molecular complexity index is 1040. The Labute approximate surface area is 223 Å². The molecule has 0 bridgehead atoms. The van der Waals surface area contributed by atoms with E-state index in [-0.39, 0.29) is 33.4 Å². The van der Waals surface area contributed by atoms with Gasteiger partial charge in [0.1, 0.15) is 0 Å². The van der Waals surface area contributed by atoms with Crippen LogP contribution in [0.15, 0.2) is 30.5 Å². The number of allylic oxidation sites excluding steroid dienone is 1. The highest BCUT2D eigenvalue weighted by Crippen LogP contribution is 2.34. The summed E-state index contributed by atoms with van der Waals surface area (Å²) in [5.74, 6) is -0.544. The maximum atomic E-state index is 12.1. The Morgan fingerprint density at radius 2 is 1.51 bits per heavy atom. The van der Waals surface area contributed by atoms with Gasteiger partial charge in [-0.05, 0) is 43.9 Å². The molecule has 0 aliphatic rings. The molecule has 1 N–H and O–H groups in total. The first kappa shape index (κ1) is 32.9. The lowest BCUT2D eigenvalue weighted by atomic mass is 10.0. The Balaban J connectivity index is 2.66. The van der Waals surface area contributed by atoms with Crippen molar-refractivity contribution in [2.24, 2.45) is 0 Å². The van der Waals surface area contributed by atoms with Gasteiger partial charge in [0.15, 0.2) is 11.5 Å². The topological polar surface area (TPSA) is 127 Å². The fourth-order valence-electron chi connectivity index (χ4n) is 3.75. The van der Waals surface area contributed by atoms with Crippen LogP contribution in [0.1, 0.15) is 90.9 Å². The number of rotatable bonds is 19. The van der Waals surface area contributed by atoms with E-state index in [1.165, 1.54) is 50.5 Å². The number of unbranched alkanes of at least 4 members (excludes halogenated alkanes) is 7. The third kappa shape index (κ3) is 13.3. The molecule has 212 valence electrons. The van der Waals surface area contributed by atoms with Crippen molar-refractivity contribution in [2.45, 2.75) is 97.0 Å². The van der Waals surface area contributed by atoms with E-state index in [0.29, 0.717) is 0 Å². The van der Waals surface area contributed by atoms with Gasteiger partial charge < -0.3 is 14.6 Å². The number of nitrogens with zero attached hydrogens (tertiary/aromatic N) is 1. The van der Waals surface area contributed by atoms with Gasteiger partial charge in [-0.15, -0.1) is 0 Å². The quantitative estimate of drug-likeness (QED) is 0.104. The largest absolute Gasteiger partial charge is 0.461 e. The van der Waals surface area contributed by atoms with Crippen molar-refractivity contribution in [3.05, 3.63) is 30.5 Å². The second-order valence-electron chi connectivity index (χ2n) is 9.17. The minimum Gasteiger partial charge on any atom is -0.461 e. The zero-order chi connectivity index (χ0) is 27.9. The summed E-state index contributed by atoms with van der Waals surface area (Å²) in [5, 5.41) is 10.1. The predicted octanol–water partition coefficient (Wildman–Crippen LogP) is 5.29. The maximum absolute atomic E-state index is 12.1. The third-order valence-corrected chi connectivity index (χ3v) is 8.84. The van der Waals surface area contributed by atoms with Crippen LogP contribution in [0, 0.1) is 0 Å². The van der Waals surface area contributed by atoms with Crippen molar-refractivity contribution in [1.29, 1.82) is 0 Å². The van der Waals surface area contributed by atoms with Crippen molar-refractivity contribution in [3.8, 4) is 11.5 Å². The van der Waals surface area contributed by atoms with Crippen LogP contribution >= 0.6 is 0 Å². The first-order chi connectivity index (χ1) is 17.4. The standard InChI is InChI=1S/C26H43NO8S2/c1-5-7-8-9-10-13-16-23(28)17-14-11-12-15-20-34-24-19-18-22(21-25(24)35-26(29)6-2)27(36(3,30)31)37(4,32)33/h15,18-21,23,28H,5-14,16-17H2,1-4H3. The van der Waals surface area contributed by atoms with Crippen LogP contribution in [-0.4, -0.2) is 46.5 Å². The lowest BCUT2D eigenvalue weighted by Crippen LogP contribution is -2.35. The zero-order valence-corrected chi connectivity index (χ0v) is 24.2. The van der Waals surface area contributed by atoms with Gasteiger partial charge in [-0.25, -0.2) is 16.8 Å². The molecule has 0 fully saturated rings. The molecule has 0 aromatic heterocycles. The fraction of sp³-hybridized carbons (Fsp3) is 0.654. The molecule has 0 aliphatic heterocycles. The van der Waals surface area contributed by atoms with E-state index < -0.39 is 26.0 Å². The average Bonchev–Trinajstić information content (AvgIpc) is 2.79. The van der Waals surface area contributed by atoms with Crippen LogP contribution in [0.2, 0.25) is 0 Å². The number of carbonyl (C=O) groups excluding carboxylic acids is 1. The van der Waals surface area contributed by atoms with E-state index in [2.05, 4.69) is 6.92 Å². The molecule has 0 heterocycles. The van der Waals surface area contributed by atoms with Gasteiger partial charge in [0.2, 0.25) is 20.0 Å². The van der Waals surface area contributed by atoms with Crippen LogP contribution in [0.4, 0.5) is 5.69 Å². The SMILES string of the molecule is CCCCCCCCC(O)CCCCC=COc1ccc(N(S(C)(=O)=O)S(C)(=O)=O)cc1OC(=O)CC. The zero-order valence-electron chi connectivity index (χ0n) is 22.5. The smallest absolute Gasteiger partial charge is 0.311 e. The van der Waals surface area contributed by atoms with E-state index in [1.54, 1.807) is 13.0 Å². The number of aliphatic hydroxyl groups excluding tert-OH is 1. The third-order valence-electron chi connectivity index (χ3n) is 5.59. The maximum Gasteiger partial charge on any atom is 0.311 e. The molecule has 1 aromatic carbocycles. The first-order valence-electron chi connectivity index (χ1n) is 12.9. The highest BCUT2D eigenvalue weighted by atomic mass is 32.3. The van der Waals surface area contributed by atoms with E-state index in [9.17, 15) is 26.7 Å². The number of anilines is 1. The number of hydrogen-bond donors (Lipinski definition) is 1. The van der Waals surface area contributed by atoms with Crippen molar-refractivity contribution < 1.29 is 36.2 Å². The van der Waals surface area contributed by atoms with Crippen LogP contribution < -0.4 is 13.2 Å². The molecule has 1 rings (SSSR count). The van der Waals surface area contributed by atoms with Gasteiger partial charge >= 0.3 is 5.97 Å². The van der Waals surface area contributed by atoms with Crippen molar-refractivity contribution in [3.63, 3.8) is 0 Å². The summed E-state index contributed by atoms with van der Waals surface area (Å²) in [4.78, 5) is 11.9. The minimum atomic E-state index is -4.15. The number of hydrogen-bond acceptors (Lipinski definition) is 8. The van der Waals surface area contributed by atoms with Crippen molar-refractivity contribution >= 4 is 31.7 Å². The summed E-state index contributed by atoms with van der Waals surface area (Å²) in [6, 6.07) is 3.75. The van der Waals surface area contributed by atoms with E-state index in [4.69, 9.17) is 9.47 Å². The van der Waals surface area contributed by atoms with Crippen LogP contribution in [0.3, 0.4) is 0 Å². The summed E-state index contributed by atoms with van der Waals surface area (Å²) < 4.78 is 59.4. The van der Waals surface area contributed by atoms with Crippen molar-refractivity contribution in [2.75, 3.05) is 16.2 Å². The highest BCUT2D eigenvalue weighted by molar-refractivity contribution is 8.09. The van der Waals surface area contributed by atoms with Crippen LogP contribution in [0.25, 0.3) is 0 Å². The first-order valence-corrected chi connectivity index (χ1v) is 16.6. The van der Waals surface area contributed by atoms with Gasteiger partial charge in [0.25, 0.3) is 0 Å². The molecule has 11 heteroatoms. The summed E-state index contributed by atoms with van der Waals surface area (Å²) in [6.07, 6.45) is 15.9. The number of esters is 1. The number of carbonyl (C=O) groups is 1. The van der Waals surface area contributed by atoms with Gasteiger partial charge in [0, 0.05) is 12.5 Å². The molecule has 0 saturated carbocycles. The molecular weight excluding hydrogens is 518 g/mol. The summed E-state index contributed by atoms with van der Waals surface area (Å²) in [7, 11) is -8.31. The molecule has 1 unspecified atom stereocenters. The Hall–Kier alpha value is -2.11. The van der Waals surface area contributed by atoms with Gasteiger partial charge in [0.05, 0.1) is 30.6 Å². The second kappa shape index (κ2) is 16.7. The molecule has 37 heavy (non-hydrogen) atoms. The van der Waals surface area contributed by atoms with Gasteiger partial charge in [-0.1, -0.05) is 58.8 Å². The van der Waals surface area contributed by atoms with Gasteiger partial charge in [-0.2, -0.15) is 3.71 Å². The molecule has 0 radical (unpaired) electrons. The number of benzene rings is 1. The summed E-state index contributed by atoms with van der Waals surface area (Å²) >= 11 is 0. The monoisotopic (exact) mass is 561 g/mol. The predicted molar refractivity (Wildman–Crippen MR) is 147 cm³/mol. The summed E-state index contributed by atoms with van der Waals surface area (Å²) in [6.45, 7) is 3.79. The molecule has 1 aromatic rings. The number of aliphatic hydroxyl groups is 1. The molecule has 0 amide bonds. The molecule has 9 nitrogen and oxygen atoms in total. The normalized spacial score (nSPS) is 13.0. The molecule has 0 spiro atoms. The van der Waals surface area contributed by atoms with Crippen LogP contribution in [0.5, 0.6) is 11.5 Å². The molecule has 0 aliphatic carbocycles. The van der Waals surface area contributed by atoms with Crippen LogP contribution in [-0.2, 0) is 24.8 Å². The van der Waals surface area contributed by atoms with E-state index >= 15 is 0 Å². The van der Waals surface area contributed by atoms with E-state index in [0.717, 1.165) is 57.1 Å². The Morgan fingerprint density at radius 1 is 0.919 bits per heavy atom. The minimum absolute atomic E-state index is 0.0616. The number of sulfonamides is 2. The van der Waals surface area contributed by atoms with Gasteiger partial charge in [-0.3, -0.25) is 4.79 Å². The average molecular weight is 562 g/mol. The lowest BCUT2D eigenvalue weighted by molar-refractivity contribution is -0.134. The number of ether oxygens (including phenoxy) is 2. The Kier molecular flexibility index (Phi) is 14.8. The Morgan fingerprint density at radius 3 is 2.11 bits per heavy atom. The summed E-state index contributed by atoms with van der Waals surface area (Å²) in [5.41, 5.74) is -0.195. The fourth-order valence-corrected chi connectivity index (χ4v) is 6.71.